The number of amides is 1. The fourth-order valence-corrected chi connectivity index (χ4v) is 5.08. The summed E-state index contributed by atoms with van der Waals surface area (Å²) >= 11 is 2.25. The van der Waals surface area contributed by atoms with Crippen LogP contribution in [0, 0.1) is 3.70 Å². The molecular weight excluding hydrogens is 523 g/mol. The van der Waals surface area contributed by atoms with Crippen molar-refractivity contribution in [1.29, 1.82) is 0 Å². The highest BCUT2D eigenvalue weighted by Gasteiger charge is 2.40. The van der Waals surface area contributed by atoms with Crippen LogP contribution in [-0.4, -0.2) is 20.7 Å². The highest BCUT2D eigenvalue weighted by Crippen LogP contribution is 2.42. The Kier molecular flexibility index (Phi) is 5.68. The van der Waals surface area contributed by atoms with E-state index in [1.807, 2.05) is 60.7 Å². The van der Waals surface area contributed by atoms with E-state index in [1.54, 1.807) is 6.20 Å². The van der Waals surface area contributed by atoms with Crippen molar-refractivity contribution in [2.45, 2.75) is 12.0 Å². The molecule has 0 radical (unpaired) electrons. The first-order chi connectivity index (χ1) is 16.1. The lowest BCUT2D eigenvalue weighted by molar-refractivity contribution is -0.117. The number of rotatable bonds is 6. The van der Waals surface area contributed by atoms with E-state index < -0.39 is 11.4 Å². The lowest BCUT2D eigenvalue weighted by Crippen LogP contribution is -2.38. The number of hydrogen-bond donors (Lipinski definition) is 1. The summed E-state index contributed by atoms with van der Waals surface area (Å²) in [6, 6.07) is 33.1. The molecule has 0 aliphatic heterocycles. The van der Waals surface area contributed by atoms with Gasteiger partial charge in [-0.05, 0) is 45.3 Å². The van der Waals surface area contributed by atoms with Crippen LogP contribution < -0.4 is 5.73 Å². The molecule has 0 saturated carbocycles. The van der Waals surface area contributed by atoms with E-state index in [-0.39, 0.29) is 6.42 Å². The zero-order chi connectivity index (χ0) is 22.8. The van der Waals surface area contributed by atoms with E-state index >= 15 is 0 Å². The van der Waals surface area contributed by atoms with Crippen molar-refractivity contribution < 1.29 is 4.79 Å². The summed E-state index contributed by atoms with van der Waals surface area (Å²) in [5.74, 6) is -0.414. The average molecular weight is 544 g/mol. The number of nitrogens with zero attached hydrogens (tertiary/aromatic N) is 3. The van der Waals surface area contributed by atoms with E-state index in [4.69, 9.17) is 10.8 Å². The van der Waals surface area contributed by atoms with Gasteiger partial charge in [-0.3, -0.25) is 9.78 Å². The zero-order valence-corrected chi connectivity index (χ0v) is 19.9. The summed E-state index contributed by atoms with van der Waals surface area (Å²) in [6.45, 7) is 0. The monoisotopic (exact) mass is 544 g/mol. The first kappa shape index (κ1) is 21.3. The molecule has 2 heterocycles. The van der Waals surface area contributed by atoms with Gasteiger partial charge in [0.2, 0.25) is 5.91 Å². The smallest absolute Gasteiger partial charge is 0.223 e. The van der Waals surface area contributed by atoms with E-state index in [2.05, 4.69) is 68.7 Å². The predicted octanol–water partition coefficient (Wildman–Crippen LogP) is 4.90. The Labute approximate surface area is 205 Å². The van der Waals surface area contributed by atoms with Gasteiger partial charge in [0.15, 0.2) is 0 Å². The number of carbonyl (C=O) groups is 1. The Hall–Kier alpha value is -3.52. The summed E-state index contributed by atoms with van der Waals surface area (Å²) in [5, 5.41) is 5.99. The van der Waals surface area contributed by atoms with Crippen LogP contribution in [0.4, 0.5) is 0 Å². The molecule has 0 bridgehead atoms. The molecule has 3 aromatic carbocycles. The summed E-state index contributed by atoms with van der Waals surface area (Å²) in [5.41, 5.74) is 9.48. The minimum Gasteiger partial charge on any atom is -0.369 e. The molecule has 0 spiro atoms. The normalized spacial score (nSPS) is 11.5. The molecule has 0 atom stereocenters. The molecule has 162 valence electrons. The first-order valence-corrected chi connectivity index (χ1v) is 11.7. The van der Waals surface area contributed by atoms with Crippen molar-refractivity contribution in [3.05, 3.63) is 129 Å². The van der Waals surface area contributed by atoms with Gasteiger partial charge >= 0.3 is 0 Å². The fourth-order valence-electron chi connectivity index (χ4n) is 4.45. The second-order valence-corrected chi connectivity index (χ2v) is 8.87. The van der Waals surface area contributed by atoms with Crippen molar-refractivity contribution in [2.75, 3.05) is 0 Å². The minimum absolute atomic E-state index is 0.0761. The number of carbonyl (C=O) groups excluding carboxylic acids is 1. The maximum atomic E-state index is 11.6. The van der Waals surface area contributed by atoms with Crippen LogP contribution in [0.1, 0.15) is 22.4 Å². The number of halogens is 1. The number of primary amides is 1. The van der Waals surface area contributed by atoms with E-state index in [1.165, 1.54) is 0 Å². The number of pyridine rings is 1. The van der Waals surface area contributed by atoms with Crippen LogP contribution in [-0.2, 0) is 16.8 Å². The molecule has 6 heteroatoms. The van der Waals surface area contributed by atoms with Crippen LogP contribution in [0.3, 0.4) is 0 Å². The minimum atomic E-state index is -0.739. The lowest BCUT2D eigenvalue weighted by Gasteiger charge is -2.37. The van der Waals surface area contributed by atoms with E-state index in [0.29, 0.717) is 5.69 Å². The van der Waals surface area contributed by atoms with Gasteiger partial charge in [-0.15, -0.1) is 0 Å². The number of hydrogen-bond acceptors (Lipinski definition) is 3. The van der Waals surface area contributed by atoms with Crippen molar-refractivity contribution >= 4 is 39.4 Å². The van der Waals surface area contributed by atoms with Crippen molar-refractivity contribution in [2.24, 2.45) is 5.73 Å². The third kappa shape index (κ3) is 3.70. The number of aromatic nitrogens is 3. The van der Waals surface area contributed by atoms with Gasteiger partial charge in [-0.2, -0.15) is 5.10 Å². The Morgan fingerprint density at radius 2 is 1.33 bits per heavy atom. The molecule has 0 saturated heterocycles. The molecule has 1 amide bonds. The van der Waals surface area contributed by atoms with E-state index in [9.17, 15) is 4.79 Å². The predicted molar refractivity (Wildman–Crippen MR) is 138 cm³/mol. The highest BCUT2D eigenvalue weighted by molar-refractivity contribution is 14.1. The molecule has 0 unspecified atom stereocenters. The van der Waals surface area contributed by atoms with Gasteiger partial charge in [-0.1, -0.05) is 91.0 Å². The third-order valence-corrected chi connectivity index (χ3v) is 6.62. The summed E-state index contributed by atoms with van der Waals surface area (Å²) in [6.07, 6.45) is 1.86. The molecular formula is C27H21IN4O. The summed E-state index contributed by atoms with van der Waals surface area (Å²) in [4.78, 5) is 16.1. The second kappa shape index (κ2) is 8.78. The SMILES string of the molecule is NC(=O)Cc1cc2c(cn1)c(I)nn2C(c1ccccc1)(c1ccccc1)c1ccccc1. The van der Waals surface area contributed by atoms with Gasteiger partial charge in [0.05, 0.1) is 23.0 Å². The van der Waals surface area contributed by atoms with Crippen LogP contribution in [0.25, 0.3) is 10.9 Å². The molecule has 2 N–H and O–H groups in total. The van der Waals surface area contributed by atoms with Gasteiger partial charge in [0.25, 0.3) is 0 Å². The number of benzene rings is 3. The van der Waals surface area contributed by atoms with Crippen molar-refractivity contribution in [3.8, 4) is 0 Å². The van der Waals surface area contributed by atoms with Gasteiger partial charge in [0.1, 0.15) is 9.24 Å². The second-order valence-electron chi connectivity index (χ2n) is 7.85. The van der Waals surface area contributed by atoms with Gasteiger partial charge < -0.3 is 5.73 Å². The molecule has 33 heavy (non-hydrogen) atoms. The van der Waals surface area contributed by atoms with Crippen LogP contribution in [0.2, 0.25) is 0 Å². The Morgan fingerprint density at radius 3 is 1.79 bits per heavy atom. The van der Waals surface area contributed by atoms with Crippen LogP contribution >= 0.6 is 22.6 Å². The zero-order valence-electron chi connectivity index (χ0n) is 17.7. The third-order valence-electron chi connectivity index (χ3n) is 5.82. The van der Waals surface area contributed by atoms with E-state index in [0.717, 1.165) is 31.3 Å². The number of fused-ring (bicyclic) bond motifs is 1. The Bertz CT molecular complexity index is 1320. The first-order valence-electron chi connectivity index (χ1n) is 10.6. The molecule has 5 aromatic rings. The molecule has 0 aliphatic carbocycles. The maximum Gasteiger partial charge on any atom is 0.223 e. The van der Waals surface area contributed by atoms with Crippen LogP contribution in [0.5, 0.6) is 0 Å². The Balaban J connectivity index is 1.94. The lowest BCUT2D eigenvalue weighted by atomic mass is 9.77. The summed E-state index contributed by atoms with van der Waals surface area (Å²) < 4.78 is 2.91. The van der Waals surface area contributed by atoms with Gasteiger partial charge in [-0.25, -0.2) is 4.68 Å². The highest BCUT2D eigenvalue weighted by atomic mass is 127. The number of nitrogens with two attached hydrogens (primary N) is 1. The van der Waals surface area contributed by atoms with Crippen molar-refractivity contribution in [3.63, 3.8) is 0 Å². The van der Waals surface area contributed by atoms with Gasteiger partial charge in [0, 0.05) is 6.20 Å². The molecule has 5 rings (SSSR count). The molecule has 5 nitrogen and oxygen atoms in total. The average Bonchev–Trinajstić information content (AvgIpc) is 3.17. The van der Waals surface area contributed by atoms with Crippen molar-refractivity contribution in [1.82, 2.24) is 14.8 Å². The molecule has 2 aromatic heterocycles. The standard InChI is InChI=1S/C27H21IN4O/c28-26-23-18-30-22(17-25(29)33)16-24(23)32(31-26)27(19-10-4-1-5-11-19,20-12-6-2-7-13-20)21-14-8-3-9-15-21/h1-16,18H,17H2,(H2,29,33). The Morgan fingerprint density at radius 1 is 0.848 bits per heavy atom. The summed E-state index contributed by atoms with van der Waals surface area (Å²) in [7, 11) is 0. The largest absolute Gasteiger partial charge is 0.369 e. The quantitative estimate of drug-likeness (QED) is 0.244. The van der Waals surface area contributed by atoms with Crippen LogP contribution in [0.15, 0.2) is 103 Å². The maximum absolute atomic E-state index is 11.6. The topological polar surface area (TPSA) is 73.8 Å². The fraction of sp³-hybridized carbons (Fsp3) is 0.0741. The molecule has 0 aliphatic rings. The molecule has 0 fully saturated rings.